The first-order valence-electron chi connectivity index (χ1n) is 4.29. The first kappa shape index (κ1) is 11.0. The van der Waals surface area contributed by atoms with Crippen molar-refractivity contribution in [3.05, 3.63) is 42.7 Å². The molecule has 0 aliphatic rings. The summed E-state index contributed by atoms with van der Waals surface area (Å²) in [7, 11) is 1.57. The first-order valence-corrected chi connectivity index (χ1v) is 4.29. The van der Waals surface area contributed by atoms with Crippen LogP contribution in [0.5, 0.6) is 5.75 Å². The largest absolute Gasteiger partial charge is 0.467 e. The summed E-state index contributed by atoms with van der Waals surface area (Å²) in [4.78, 5) is 0. The molecule has 0 saturated carbocycles. The van der Waals surface area contributed by atoms with Gasteiger partial charge in [-0.05, 0) is 36.6 Å². The van der Waals surface area contributed by atoms with Gasteiger partial charge in [-0.2, -0.15) is 0 Å². The number of aliphatic hydroxyl groups excluding tert-OH is 1. The molecular weight excluding hydrogens is 180 g/mol. The maximum atomic E-state index is 8.92. The van der Waals surface area contributed by atoms with Crippen LogP contribution in [0.2, 0.25) is 0 Å². The summed E-state index contributed by atoms with van der Waals surface area (Å²) in [6.07, 6.45) is 1.68. The van der Waals surface area contributed by atoms with Gasteiger partial charge in [0.1, 0.15) is 5.75 Å². The molecule has 0 atom stereocenters. The van der Waals surface area contributed by atoms with E-state index in [4.69, 9.17) is 14.6 Å². The number of methoxy groups -OCH3 is 1. The molecule has 1 rings (SSSR count). The third-order valence-electron chi connectivity index (χ3n) is 1.81. The molecule has 0 spiro atoms. The van der Waals surface area contributed by atoms with Gasteiger partial charge in [-0.25, -0.2) is 0 Å². The normalized spacial score (nSPS) is 10.2. The van der Waals surface area contributed by atoms with Gasteiger partial charge in [0, 0.05) is 7.11 Å². The number of hydrogen-bond donors (Lipinski definition) is 1. The second-order valence-electron chi connectivity index (χ2n) is 2.79. The quantitative estimate of drug-likeness (QED) is 0.723. The van der Waals surface area contributed by atoms with Crippen LogP contribution in [0.4, 0.5) is 0 Å². The van der Waals surface area contributed by atoms with E-state index in [1.165, 1.54) is 0 Å². The van der Waals surface area contributed by atoms with E-state index >= 15 is 0 Å². The predicted octanol–water partition coefficient (Wildman–Crippen LogP) is 1.55. The van der Waals surface area contributed by atoms with Crippen molar-refractivity contribution in [3.8, 4) is 5.75 Å². The molecule has 0 aromatic heterocycles. The number of rotatable bonds is 5. The third-order valence-corrected chi connectivity index (χ3v) is 1.81. The van der Waals surface area contributed by atoms with Crippen LogP contribution < -0.4 is 4.74 Å². The van der Waals surface area contributed by atoms with Gasteiger partial charge in [0.15, 0.2) is 6.79 Å². The Balaban J connectivity index is 2.82. The lowest BCUT2D eigenvalue weighted by molar-refractivity contribution is 0.0507. The monoisotopic (exact) mass is 194 g/mol. The zero-order chi connectivity index (χ0) is 10.4. The van der Waals surface area contributed by atoms with Crippen molar-refractivity contribution in [2.45, 2.75) is 6.61 Å². The van der Waals surface area contributed by atoms with Gasteiger partial charge in [-0.1, -0.05) is 6.07 Å². The second-order valence-corrected chi connectivity index (χ2v) is 2.79. The molecule has 1 aromatic carbocycles. The van der Waals surface area contributed by atoms with Crippen LogP contribution in [0.25, 0.3) is 0 Å². The summed E-state index contributed by atoms with van der Waals surface area (Å²) in [6.45, 7) is 3.90. The number of hydrogen-bond acceptors (Lipinski definition) is 3. The number of benzene rings is 1. The molecule has 0 heterocycles. The lowest BCUT2D eigenvalue weighted by Gasteiger charge is -2.10. The van der Waals surface area contributed by atoms with Crippen LogP contribution in [-0.4, -0.2) is 19.0 Å². The molecule has 76 valence electrons. The highest BCUT2D eigenvalue weighted by atomic mass is 16.7. The molecule has 1 aromatic rings. The van der Waals surface area contributed by atoms with Crippen molar-refractivity contribution in [1.82, 2.24) is 0 Å². The Hall–Kier alpha value is -1.06. The lowest BCUT2D eigenvalue weighted by Crippen LogP contribution is -2.01. The van der Waals surface area contributed by atoms with Crippen LogP contribution in [0.3, 0.4) is 0 Å². The molecule has 0 aliphatic carbocycles. The van der Waals surface area contributed by atoms with Crippen molar-refractivity contribution in [2.75, 3.05) is 13.9 Å². The fourth-order valence-corrected chi connectivity index (χ4v) is 1.11. The van der Waals surface area contributed by atoms with Gasteiger partial charge < -0.3 is 14.6 Å². The first-order chi connectivity index (χ1) is 6.81. The van der Waals surface area contributed by atoms with Gasteiger partial charge in [0.05, 0.1) is 6.61 Å². The fourth-order valence-electron chi connectivity index (χ4n) is 1.11. The van der Waals surface area contributed by atoms with Crippen LogP contribution in [0.1, 0.15) is 11.1 Å². The molecule has 0 unspecified atom stereocenters. The van der Waals surface area contributed by atoms with E-state index in [9.17, 15) is 0 Å². The van der Waals surface area contributed by atoms with Gasteiger partial charge >= 0.3 is 0 Å². The van der Waals surface area contributed by atoms with E-state index in [-0.39, 0.29) is 13.4 Å². The van der Waals surface area contributed by atoms with Crippen LogP contribution in [-0.2, 0) is 11.3 Å². The zero-order valence-corrected chi connectivity index (χ0v) is 8.19. The molecule has 0 amide bonds. The molecule has 3 nitrogen and oxygen atoms in total. The van der Waals surface area contributed by atoms with Gasteiger partial charge in [0.2, 0.25) is 0 Å². The molecule has 0 fully saturated rings. The van der Waals surface area contributed by atoms with E-state index in [2.05, 4.69) is 6.92 Å². The standard InChI is InChI=1S/C11H14O3/c1-3-10-6-9(7-12)4-5-11(10)14-8-13-2/h3-6,12H,1,7-8H2,2H3. The van der Waals surface area contributed by atoms with Crippen molar-refractivity contribution in [1.29, 1.82) is 0 Å². The molecule has 0 bridgehead atoms. The van der Waals surface area contributed by atoms with E-state index in [0.29, 0.717) is 5.75 Å². The predicted molar refractivity (Wildman–Crippen MR) is 53.6 cm³/mol. The highest BCUT2D eigenvalue weighted by Crippen LogP contribution is 2.21. The van der Waals surface area contributed by atoms with Crippen LogP contribution >= 0.6 is 0 Å². The molecule has 0 aliphatic heterocycles. The Labute approximate surface area is 84.3 Å². The zero-order valence-electron chi connectivity index (χ0n) is 8.19. The SMILES string of the molecule is [CH2][CH]c1cc(CO)ccc1OCOC. The number of aliphatic hydroxyl groups is 1. The van der Waals surface area contributed by atoms with E-state index in [1.54, 1.807) is 25.7 Å². The molecular formula is C11H14O3. The minimum absolute atomic E-state index is 0.0192. The van der Waals surface area contributed by atoms with Crippen molar-refractivity contribution >= 4 is 0 Å². The summed E-state index contributed by atoms with van der Waals surface area (Å²) in [5.74, 6) is 0.707. The minimum Gasteiger partial charge on any atom is -0.467 e. The summed E-state index contributed by atoms with van der Waals surface area (Å²) >= 11 is 0. The Bertz CT molecular complexity index is 284. The maximum Gasteiger partial charge on any atom is 0.188 e. The fraction of sp³-hybridized carbons (Fsp3) is 0.273. The maximum absolute atomic E-state index is 8.92. The Morgan fingerprint density at radius 2 is 2.29 bits per heavy atom. The van der Waals surface area contributed by atoms with Crippen molar-refractivity contribution in [2.24, 2.45) is 0 Å². The topological polar surface area (TPSA) is 38.7 Å². The Kier molecular flexibility index (Phi) is 4.43. The minimum atomic E-state index is 0.0192. The van der Waals surface area contributed by atoms with Gasteiger partial charge in [0.25, 0.3) is 0 Å². The smallest absolute Gasteiger partial charge is 0.188 e. The molecule has 1 N–H and O–H groups in total. The summed E-state index contributed by atoms with van der Waals surface area (Å²) < 4.78 is 10.1. The van der Waals surface area contributed by atoms with Gasteiger partial charge in [-0.3, -0.25) is 0 Å². The van der Waals surface area contributed by atoms with E-state index in [1.807, 2.05) is 6.07 Å². The highest BCUT2D eigenvalue weighted by molar-refractivity contribution is 5.42. The van der Waals surface area contributed by atoms with Crippen LogP contribution in [0.15, 0.2) is 18.2 Å². The molecule has 3 heteroatoms. The second kappa shape index (κ2) is 5.62. The van der Waals surface area contributed by atoms with E-state index in [0.717, 1.165) is 11.1 Å². The van der Waals surface area contributed by atoms with Crippen molar-refractivity contribution < 1.29 is 14.6 Å². The van der Waals surface area contributed by atoms with Gasteiger partial charge in [-0.15, -0.1) is 0 Å². The molecule has 0 saturated heterocycles. The molecule has 2 radical (unpaired) electrons. The summed E-state index contributed by atoms with van der Waals surface area (Å²) in [5.41, 5.74) is 1.69. The van der Waals surface area contributed by atoms with E-state index < -0.39 is 0 Å². The Morgan fingerprint density at radius 3 is 2.86 bits per heavy atom. The average molecular weight is 194 g/mol. The summed E-state index contributed by atoms with van der Waals surface area (Å²) in [6, 6.07) is 5.43. The highest BCUT2D eigenvalue weighted by Gasteiger charge is 2.03. The number of ether oxygens (including phenoxy) is 2. The Morgan fingerprint density at radius 1 is 1.50 bits per heavy atom. The average Bonchev–Trinajstić information content (AvgIpc) is 2.26. The van der Waals surface area contributed by atoms with Crippen molar-refractivity contribution in [3.63, 3.8) is 0 Å². The van der Waals surface area contributed by atoms with Crippen LogP contribution in [0, 0.1) is 13.3 Å². The molecule has 14 heavy (non-hydrogen) atoms. The third kappa shape index (κ3) is 2.72. The lowest BCUT2D eigenvalue weighted by atomic mass is 10.1. The summed E-state index contributed by atoms with van der Waals surface area (Å²) in [5, 5.41) is 8.92.